The monoisotopic (exact) mass is 384 g/mol. The number of nitrogens with one attached hydrogen (secondary N) is 2. The highest BCUT2D eigenvalue weighted by atomic mass is 15.2. The van der Waals surface area contributed by atoms with Crippen LogP contribution in [0.2, 0.25) is 0 Å². The van der Waals surface area contributed by atoms with Gasteiger partial charge in [0, 0.05) is 11.9 Å². The van der Waals surface area contributed by atoms with Crippen LogP contribution in [0.3, 0.4) is 0 Å². The molecule has 0 amide bonds. The van der Waals surface area contributed by atoms with E-state index in [2.05, 4.69) is 60.8 Å². The van der Waals surface area contributed by atoms with Crippen LogP contribution in [0.25, 0.3) is 28.0 Å². The summed E-state index contributed by atoms with van der Waals surface area (Å²) in [5, 5.41) is 3.55. The highest BCUT2D eigenvalue weighted by Crippen LogP contribution is 2.31. The molecule has 8 nitrogen and oxygen atoms in total. The summed E-state index contributed by atoms with van der Waals surface area (Å²) in [5.74, 6) is 1.79. The minimum absolute atomic E-state index is 0.112. The Labute approximate surface area is 167 Å². The third kappa shape index (κ3) is 2.98. The SMILES string of the molecule is CC(C)C(Nc1ncnc2[nH]cnc12)c1nc2cccnc2n1-c1ccccc1. The quantitative estimate of drug-likeness (QED) is 0.477. The van der Waals surface area contributed by atoms with Gasteiger partial charge < -0.3 is 10.3 Å². The number of hydrogen-bond donors (Lipinski definition) is 2. The summed E-state index contributed by atoms with van der Waals surface area (Å²) in [4.78, 5) is 25.6. The maximum atomic E-state index is 4.94. The molecule has 5 aromatic rings. The van der Waals surface area contributed by atoms with E-state index in [1.54, 1.807) is 12.5 Å². The number of fused-ring (bicyclic) bond motifs is 2. The normalized spacial score (nSPS) is 12.7. The molecule has 2 N–H and O–H groups in total. The van der Waals surface area contributed by atoms with Crippen molar-refractivity contribution < 1.29 is 0 Å². The Morgan fingerprint density at radius 2 is 1.83 bits per heavy atom. The van der Waals surface area contributed by atoms with Gasteiger partial charge >= 0.3 is 0 Å². The van der Waals surface area contributed by atoms with Crippen molar-refractivity contribution in [1.29, 1.82) is 0 Å². The van der Waals surface area contributed by atoms with Crippen molar-refractivity contribution in [3.8, 4) is 5.69 Å². The molecule has 5 rings (SSSR count). The largest absolute Gasteiger partial charge is 0.358 e. The van der Waals surface area contributed by atoms with Gasteiger partial charge in [-0.2, -0.15) is 0 Å². The van der Waals surface area contributed by atoms with E-state index in [9.17, 15) is 0 Å². The van der Waals surface area contributed by atoms with Gasteiger partial charge in [0.1, 0.15) is 23.2 Å². The van der Waals surface area contributed by atoms with Crippen molar-refractivity contribution in [1.82, 2.24) is 34.5 Å². The number of benzene rings is 1. The average Bonchev–Trinajstić information content (AvgIpc) is 3.37. The van der Waals surface area contributed by atoms with E-state index in [1.165, 1.54) is 6.33 Å². The van der Waals surface area contributed by atoms with Crippen LogP contribution >= 0.6 is 0 Å². The third-order valence-electron chi connectivity index (χ3n) is 4.91. The molecule has 0 aliphatic heterocycles. The standard InChI is InChI=1S/C21H20N8/c1-13(2)16(28-19-17-18(24-11-23-17)25-12-26-19)21-27-15-9-6-10-22-20(15)29(21)14-7-4-3-5-8-14/h3-13,16H,1-2H3,(H2,23,24,25,26,28). The molecule has 1 unspecified atom stereocenters. The Kier molecular flexibility index (Phi) is 4.16. The highest BCUT2D eigenvalue weighted by molar-refractivity contribution is 5.82. The lowest BCUT2D eigenvalue weighted by Crippen LogP contribution is -2.22. The Bertz CT molecular complexity index is 1270. The summed E-state index contributed by atoms with van der Waals surface area (Å²) in [6.07, 6.45) is 4.95. The fourth-order valence-corrected chi connectivity index (χ4v) is 3.52. The molecule has 0 bridgehead atoms. The number of para-hydroxylation sites is 1. The Morgan fingerprint density at radius 1 is 0.966 bits per heavy atom. The van der Waals surface area contributed by atoms with Crippen LogP contribution in [0, 0.1) is 5.92 Å². The molecular formula is C21H20N8. The summed E-state index contributed by atoms with van der Waals surface area (Å²) in [7, 11) is 0. The summed E-state index contributed by atoms with van der Waals surface area (Å²) in [6, 6.07) is 13.9. The van der Waals surface area contributed by atoms with Gasteiger partial charge in [0.2, 0.25) is 0 Å². The first-order chi connectivity index (χ1) is 14.2. The van der Waals surface area contributed by atoms with Gasteiger partial charge in [-0.25, -0.2) is 24.9 Å². The minimum Gasteiger partial charge on any atom is -0.358 e. The lowest BCUT2D eigenvalue weighted by molar-refractivity contribution is 0.516. The number of H-pyrrole nitrogens is 1. The number of aromatic amines is 1. The predicted octanol–water partition coefficient (Wildman–Crippen LogP) is 3.90. The van der Waals surface area contributed by atoms with E-state index in [0.29, 0.717) is 17.0 Å². The van der Waals surface area contributed by atoms with Gasteiger partial charge in [-0.05, 0) is 30.2 Å². The van der Waals surface area contributed by atoms with Crippen LogP contribution in [0.1, 0.15) is 25.7 Å². The van der Waals surface area contributed by atoms with Gasteiger partial charge in [-0.3, -0.25) is 4.57 Å². The molecule has 29 heavy (non-hydrogen) atoms. The minimum atomic E-state index is -0.112. The van der Waals surface area contributed by atoms with Gasteiger partial charge in [0.15, 0.2) is 17.1 Å². The van der Waals surface area contributed by atoms with E-state index in [1.807, 2.05) is 30.3 Å². The second-order valence-corrected chi connectivity index (χ2v) is 7.18. The predicted molar refractivity (Wildman–Crippen MR) is 112 cm³/mol. The van der Waals surface area contributed by atoms with Gasteiger partial charge in [-0.15, -0.1) is 0 Å². The van der Waals surface area contributed by atoms with E-state index < -0.39 is 0 Å². The highest BCUT2D eigenvalue weighted by Gasteiger charge is 2.26. The molecule has 0 saturated heterocycles. The second-order valence-electron chi connectivity index (χ2n) is 7.18. The van der Waals surface area contributed by atoms with Crippen molar-refractivity contribution in [3.63, 3.8) is 0 Å². The molecule has 0 saturated carbocycles. The van der Waals surface area contributed by atoms with Crippen molar-refractivity contribution in [2.24, 2.45) is 5.92 Å². The molecular weight excluding hydrogens is 364 g/mol. The van der Waals surface area contributed by atoms with E-state index >= 15 is 0 Å². The Hall–Kier alpha value is -3.81. The smallest absolute Gasteiger partial charge is 0.164 e. The average molecular weight is 384 g/mol. The number of imidazole rings is 2. The number of hydrogen-bond acceptors (Lipinski definition) is 6. The van der Waals surface area contributed by atoms with Crippen LogP contribution in [-0.2, 0) is 0 Å². The molecule has 1 aromatic carbocycles. The molecule has 8 heteroatoms. The molecule has 144 valence electrons. The van der Waals surface area contributed by atoms with E-state index in [0.717, 1.165) is 22.7 Å². The van der Waals surface area contributed by atoms with Crippen LogP contribution in [0.5, 0.6) is 0 Å². The maximum Gasteiger partial charge on any atom is 0.164 e. The first kappa shape index (κ1) is 17.3. The Morgan fingerprint density at radius 3 is 2.66 bits per heavy atom. The zero-order valence-electron chi connectivity index (χ0n) is 16.1. The fourth-order valence-electron chi connectivity index (χ4n) is 3.52. The second kappa shape index (κ2) is 6.97. The Balaban J connectivity index is 1.69. The van der Waals surface area contributed by atoms with Crippen molar-refractivity contribution >= 4 is 28.1 Å². The van der Waals surface area contributed by atoms with Crippen molar-refractivity contribution in [2.75, 3.05) is 5.32 Å². The first-order valence-corrected chi connectivity index (χ1v) is 9.52. The number of rotatable bonds is 5. The lowest BCUT2D eigenvalue weighted by atomic mass is 10.0. The number of anilines is 1. The molecule has 0 radical (unpaired) electrons. The number of aromatic nitrogens is 7. The van der Waals surface area contributed by atoms with Crippen LogP contribution in [0.4, 0.5) is 5.82 Å². The van der Waals surface area contributed by atoms with Crippen LogP contribution < -0.4 is 5.32 Å². The fraction of sp³-hybridized carbons (Fsp3) is 0.190. The van der Waals surface area contributed by atoms with Gasteiger partial charge in [0.25, 0.3) is 0 Å². The summed E-state index contributed by atoms with van der Waals surface area (Å²) in [5.41, 5.74) is 4.10. The first-order valence-electron chi connectivity index (χ1n) is 9.52. The van der Waals surface area contributed by atoms with Gasteiger partial charge in [-0.1, -0.05) is 32.0 Å². The maximum absolute atomic E-state index is 4.94. The summed E-state index contributed by atoms with van der Waals surface area (Å²) >= 11 is 0. The zero-order chi connectivity index (χ0) is 19.8. The molecule has 0 spiro atoms. The summed E-state index contributed by atoms with van der Waals surface area (Å²) < 4.78 is 2.11. The van der Waals surface area contributed by atoms with Gasteiger partial charge in [0.05, 0.1) is 12.4 Å². The van der Waals surface area contributed by atoms with Crippen LogP contribution in [0.15, 0.2) is 61.3 Å². The number of nitrogens with zero attached hydrogens (tertiary/aromatic N) is 6. The third-order valence-corrected chi connectivity index (χ3v) is 4.91. The molecule has 4 aromatic heterocycles. The number of pyridine rings is 1. The molecule has 1 atom stereocenters. The van der Waals surface area contributed by atoms with Crippen LogP contribution in [-0.4, -0.2) is 34.5 Å². The van der Waals surface area contributed by atoms with Crippen molar-refractivity contribution in [3.05, 3.63) is 67.1 Å². The van der Waals surface area contributed by atoms with E-state index in [-0.39, 0.29) is 12.0 Å². The molecule has 0 fully saturated rings. The molecule has 0 aliphatic carbocycles. The molecule has 0 aliphatic rings. The zero-order valence-corrected chi connectivity index (χ0v) is 16.1. The lowest BCUT2D eigenvalue weighted by Gasteiger charge is -2.23. The molecule has 4 heterocycles. The van der Waals surface area contributed by atoms with Crippen molar-refractivity contribution in [2.45, 2.75) is 19.9 Å². The topological polar surface area (TPSA) is 97.2 Å². The summed E-state index contributed by atoms with van der Waals surface area (Å²) in [6.45, 7) is 4.31. The van der Waals surface area contributed by atoms with E-state index in [4.69, 9.17) is 4.98 Å².